The van der Waals surface area contributed by atoms with E-state index in [4.69, 9.17) is 17.3 Å². The molecular formula is C26H25ClFN5O2. The van der Waals surface area contributed by atoms with Crippen molar-refractivity contribution < 1.29 is 9.50 Å². The van der Waals surface area contributed by atoms with Gasteiger partial charge in [0.15, 0.2) is 0 Å². The molecule has 0 saturated carbocycles. The average molecular weight is 494 g/mol. The van der Waals surface area contributed by atoms with Crippen LogP contribution in [0.2, 0.25) is 5.02 Å². The number of halogens is 2. The Bertz CT molecular complexity index is 1460. The fraction of sp³-hybridized carbons (Fsp3) is 0.231. The van der Waals surface area contributed by atoms with E-state index in [1.165, 1.54) is 21.3 Å². The molecule has 180 valence electrons. The SMILES string of the molecule is Cn1ccn(-c2ccc(-c3cc(F)cc(-c4cncc(N5CCC[C@H](N)C5)c4)c3O)cc2Cl)c1=O. The van der Waals surface area contributed by atoms with Crippen LogP contribution in [0, 0.1) is 5.82 Å². The van der Waals surface area contributed by atoms with E-state index in [0.29, 0.717) is 33.0 Å². The van der Waals surface area contributed by atoms with Gasteiger partial charge in [0.2, 0.25) is 0 Å². The Morgan fingerprint density at radius 2 is 1.89 bits per heavy atom. The summed E-state index contributed by atoms with van der Waals surface area (Å²) in [4.78, 5) is 18.8. The van der Waals surface area contributed by atoms with Crippen molar-refractivity contribution in [1.29, 1.82) is 0 Å². The third-order valence-corrected chi connectivity index (χ3v) is 6.70. The third-order valence-electron chi connectivity index (χ3n) is 6.40. The highest BCUT2D eigenvalue weighted by Gasteiger charge is 2.20. The van der Waals surface area contributed by atoms with Crippen LogP contribution in [0.25, 0.3) is 27.9 Å². The molecule has 2 aromatic heterocycles. The topological polar surface area (TPSA) is 89.3 Å². The molecule has 1 fully saturated rings. The highest BCUT2D eigenvalue weighted by Crippen LogP contribution is 2.41. The molecule has 0 bridgehead atoms. The maximum Gasteiger partial charge on any atom is 0.332 e. The van der Waals surface area contributed by atoms with Crippen molar-refractivity contribution in [2.45, 2.75) is 18.9 Å². The van der Waals surface area contributed by atoms with Gasteiger partial charge in [0.25, 0.3) is 0 Å². The number of hydrogen-bond donors (Lipinski definition) is 2. The Balaban J connectivity index is 1.54. The minimum atomic E-state index is -0.502. The summed E-state index contributed by atoms with van der Waals surface area (Å²) >= 11 is 6.49. The van der Waals surface area contributed by atoms with Crippen LogP contribution in [0.15, 0.2) is 66.0 Å². The van der Waals surface area contributed by atoms with Crippen LogP contribution in [0.4, 0.5) is 10.1 Å². The van der Waals surface area contributed by atoms with Crippen molar-refractivity contribution >= 4 is 17.3 Å². The van der Waals surface area contributed by atoms with Gasteiger partial charge in [-0.25, -0.2) is 9.18 Å². The average Bonchev–Trinajstić information content (AvgIpc) is 3.18. The van der Waals surface area contributed by atoms with E-state index in [9.17, 15) is 14.3 Å². The van der Waals surface area contributed by atoms with Gasteiger partial charge in [-0.05, 0) is 48.7 Å². The maximum atomic E-state index is 14.7. The van der Waals surface area contributed by atoms with Crippen molar-refractivity contribution in [2.75, 3.05) is 18.0 Å². The number of aryl methyl sites for hydroxylation is 1. The number of imidazole rings is 1. The summed E-state index contributed by atoms with van der Waals surface area (Å²) < 4.78 is 17.6. The lowest BCUT2D eigenvalue weighted by molar-refractivity contribution is 0.477. The van der Waals surface area contributed by atoms with Crippen LogP contribution in [0.5, 0.6) is 5.75 Å². The number of pyridine rings is 1. The van der Waals surface area contributed by atoms with E-state index in [0.717, 1.165) is 31.6 Å². The minimum Gasteiger partial charge on any atom is -0.507 e. The zero-order chi connectivity index (χ0) is 24.7. The Morgan fingerprint density at radius 1 is 1.11 bits per heavy atom. The van der Waals surface area contributed by atoms with Crippen LogP contribution in [-0.2, 0) is 7.05 Å². The number of phenols is 1. The Morgan fingerprint density at radius 3 is 2.57 bits per heavy atom. The summed E-state index contributed by atoms with van der Waals surface area (Å²) in [6, 6.07) is 9.52. The summed E-state index contributed by atoms with van der Waals surface area (Å²) in [7, 11) is 1.65. The summed E-state index contributed by atoms with van der Waals surface area (Å²) in [6.45, 7) is 1.59. The first-order valence-corrected chi connectivity index (χ1v) is 11.7. The first kappa shape index (κ1) is 23.1. The number of hydrogen-bond acceptors (Lipinski definition) is 5. The van der Waals surface area contributed by atoms with Crippen molar-refractivity contribution in [3.63, 3.8) is 0 Å². The lowest BCUT2D eigenvalue weighted by atomic mass is 9.97. The lowest BCUT2D eigenvalue weighted by Gasteiger charge is -2.32. The Hall–Kier alpha value is -3.62. The Labute approximate surface area is 206 Å². The summed E-state index contributed by atoms with van der Waals surface area (Å²) in [5.41, 5.74) is 9.00. The van der Waals surface area contributed by atoms with Gasteiger partial charge in [0.1, 0.15) is 11.6 Å². The number of nitrogens with zero attached hydrogens (tertiary/aromatic N) is 4. The zero-order valence-corrected chi connectivity index (χ0v) is 19.9. The van der Waals surface area contributed by atoms with Crippen LogP contribution < -0.4 is 16.3 Å². The predicted octanol–water partition coefficient (Wildman–Crippen LogP) is 4.33. The van der Waals surface area contributed by atoms with Gasteiger partial charge in [-0.15, -0.1) is 0 Å². The number of nitrogens with two attached hydrogens (primary N) is 1. The molecule has 1 atom stereocenters. The van der Waals surface area contributed by atoms with Gasteiger partial charge >= 0.3 is 5.69 Å². The second kappa shape index (κ2) is 9.20. The second-order valence-corrected chi connectivity index (χ2v) is 9.26. The van der Waals surface area contributed by atoms with E-state index in [2.05, 4.69) is 9.88 Å². The van der Waals surface area contributed by atoms with Gasteiger partial charge in [-0.2, -0.15) is 0 Å². The fourth-order valence-electron chi connectivity index (χ4n) is 4.55. The largest absolute Gasteiger partial charge is 0.507 e. The molecular weight excluding hydrogens is 469 g/mol. The van der Waals surface area contributed by atoms with Crippen LogP contribution in [-0.4, -0.2) is 38.4 Å². The van der Waals surface area contributed by atoms with Crippen LogP contribution in [0.3, 0.4) is 0 Å². The summed E-state index contributed by atoms with van der Waals surface area (Å²) in [5.74, 6) is -0.584. The smallest absolute Gasteiger partial charge is 0.332 e. The van der Waals surface area contributed by atoms with E-state index in [1.807, 2.05) is 6.07 Å². The van der Waals surface area contributed by atoms with Gasteiger partial charge in [-0.1, -0.05) is 17.7 Å². The monoisotopic (exact) mass is 493 g/mol. The van der Waals surface area contributed by atoms with Gasteiger partial charge in [0, 0.05) is 61.5 Å². The van der Waals surface area contributed by atoms with E-state index < -0.39 is 5.82 Å². The molecule has 3 heterocycles. The molecule has 1 aliphatic rings. The van der Waals surface area contributed by atoms with Crippen LogP contribution >= 0.6 is 11.6 Å². The third kappa shape index (κ3) is 4.42. The van der Waals surface area contributed by atoms with Crippen molar-refractivity contribution in [1.82, 2.24) is 14.1 Å². The van der Waals surface area contributed by atoms with Crippen molar-refractivity contribution in [3.8, 4) is 33.7 Å². The molecule has 4 aromatic rings. The standard InChI is InChI=1S/C26H25ClFN5O2/c1-31-7-8-33(26(31)35)24-5-4-16(10-23(24)27)21-11-18(28)12-22(25(21)34)17-9-20(14-30-13-17)32-6-2-3-19(29)15-32/h4-5,7-14,19,34H,2-3,6,15,29H2,1H3/t19-/m0/s1. The fourth-order valence-corrected chi connectivity index (χ4v) is 4.82. The maximum absolute atomic E-state index is 14.7. The predicted molar refractivity (Wildman–Crippen MR) is 136 cm³/mol. The molecule has 2 aromatic carbocycles. The molecule has 7 nitrogen and oxygen atoms in total. The highest BCUT2D eigenvalue weighted by atomic mass is 35.5. The minimum absolute atomic E-state index is 0.0820. The summed E-state index contributed by atoms with van der Waals surface area (Å²) in [6.07, 6.45) is 8.59. The second-order valence-electron chi connectivity index (χ2n) is 8.86. The number of aromatic hydroxyl groups is 1. The number of benzene rings is 2. The molecule has 1 aliphatic heterocycles. The Kier molecular flexibility index (Phi) is 6.08. The van der Waals surface area contributed by atoms with Crippen molar-refractivity contribution in [3.05, 3.63) is 82.5 Å². The highest BCUT2D eigenvalue weighted by molar-refractivity contribution is 6.32. The molecule has 5 rings (SSSR count). The molecule has 0 unspecified atom stereocenters. The van der Waals surface area contributed by atoms with Crippen molar-refractivity contribution in [2.24, 2.45) is 12.8 Å². The molecule has 35 heavy (non-hydrogen) atoms. The molecule has 0 amide bonds. The van der Waals surface area contributed by atoms with Gasteiger partial charge in [-0.3, -0.25) is 9.55 Å². The first-order chi connectivity index (χ1) is 16.8. The quantitative estimate of drug-likeness (QED) is 0.441. The molecule has 3 N–H and O–H groups in total. The molecule has 0 aliphatic carbocycles. The summed E-state index contributed by atoms with van der Waals surface area (Å²) in [5, 5.41) is 11.5. The molecule has 0 radical (unpaired) electrons. The number of anilines is 1. The molecule has 0 spiro atoms. The van der Waals surface area contributed by atoms with E-state index in [1.54, 1.807) is 50.0 Å². The van der Waals surface area contributed by atoms with Gasteiger partial charge < -0.3 is 20.3 Å². The normalized spacial score (nSPS) is 16.0. The van der Waals surface area contributed by atoms with Gasteiger partial charge in [0.05, 0.1) is 22.6 Å². The van der Waals surface area contributed by atoms with E-state index in [-0.39, 0.29) is 17.5 Å². The molecule has 9 heteroatoms. The number of phenolic OH excluding ortho intramolecular Hbond substituents is 1. The lowest BCUT2D eigenvalue weighted by Crippen LogP contribution is -2.42. The molecule has 1 saturated heterocycles. The zero-order valence-electron chi connectivity index (χ0n) is 19.2. The first-order valence-electron chi connectivity index (χ1n) is 11.3. The van der Waals surface area contributed by atoms with Crippen LogP contribution in [0.1, 0.15) is 12.8 Å². The van der Waals surface area contributed by atoms with E-state index >= 15 is 0 Å². The number of aromatic nitrogens is 3. The number of piperidine rings is 1. The number of rotatable bonds is 4.